The highest BCUT2D eigenvalue weighted by atomic mass is 32.2. The first-order valence-electron chi connectivity index (χ1n) is 10.8. The Kier molecular flexibility index (Phi) is 7.97. The third-order valence-corrected chi connectivity index (χ3v) is 7.75. The molecule has 32 heavy (non-hydrogen) atoms. The maximum Gasteiger partial charge on any atom is 0.256 e. The number of halogens is 2. The SMILES string of the molecule is CCN(CC)S(=O)(=O)c1ccc(F)c(C(=O)N2CCCN(Cc3ccc(F)cc3)CC2)c1. The minimum atomic E-state index is -3.80. The minimum Gasteiger partial charge on any atom is -0.337 e. The third-order valence-electron chi connectivity index (χ3n) is 5.71. The van der Waals surface area contributed by atoms with Crippen LogP contribution in [0.1, 0.15) is 36.2 Å². The average molecular weight is 466 g/mol. The van der Waals surface area contributed by atoms with Crippen LogP contribution in [0.5, 0.6) is 0 Å². The Morgan fingerprint density at radius 1 is 0.969 bits per heavy atom. The molecule has 0 radical (unpaired) electrons. The molecule has 2 aromatic carbocycles. The number of hydrogen-bond donors (Lipinski definition) is 0. The molecule has 0 bridgehead atoms. The van der Waals surface area contributed by atoms with Gasteiger partial charge in [-0.15, -0.1) is 0 Å². The zero-order valence-electron chi connectivity index (χ0n) is 18.4. The molecule has 0 saturated carbocycles. The summed E-state index contributed by atoms with van der Waals surface area (Å²) in [7, 11) is -3.80. The van der Waals surface area contributed by atoms with Gasteiger partial charge in [0.15, 0.2) is 0 Å². The summed E-state index contributed by atoms with van der Waals surface area (Å²) in [5, 5.41) is 0. The summed E-state index contributed by atoms with van der Waals surface area (Å²) in [5.74, 6) is -1.53. The molecular formula is C23H29F2N3O3S. The van der Waals surface area contributed by atoms with Crippen molar-refractivity contribution in [1.82, 2.24) is 14.1 Å². The maximum absolute atomic E-state index is 14.5. The smallest absolute Gasteiger partial charge is 0.256 e. The summed E-state index contributed by atoms with van der Waals surface area (Å²) in [6.07, 6.45) is 0.700. The van der Waals surface area contributed by atoms with Gasteiger partial charge in [-0.25, -0.2) is 17.2 Å². The molecule has 2 aromatic rings. The fraction of sp³-hybridized carbons (Fsp3) is 0.435. The number of nitrogens with zero attached hydrogens (tertiary/aromatic N) is 3. The van der Waals surface area contributed by atoms with Gasteiger partial charge < -0.3 is 4.90 Å². The molecule has 9 heteroatoms. The largest absolute Gasteiger partial charge is 0.337 e. The van der Waals surface area contributed by atoms with Gasteiger partial charge in [0.25, 0.3) is 5.91 Å². The lowest BCUT2D eigenvalue weighted by Gasteiger charge is -2.23. The van der Waals surface area contributed by atoms with E-state index < -0.39 is 21.7 Å². The molecule has 0 unspecified atom stereocenters. The first-order chi connectivity index (χ1) is 15.3. The summed E-state index contributed by atoms with van der Waals surface area (Å²) < 4.78 is 54.5. The van der Waals surface area contributed by atoms with Gasteiger partial charge in [0.05, 0.1) is 10.5 Å². The third kappa shape index (κ3) is 5.51. The number of rotatable bonds is 7. The highest BCUT2D eigenvalue weighted by molar-refractivity contribution is 7.89. The van der Waals surface area contributed by atoms with Gasteiger partial charge in [0, 0.05) is 45.8 Å². The Bertz CT molecular complexity index is 1040. The molecule has 0 atom stereocenters. The van der Waals surface area contributed by atoms with Crippen LogP contribution in [0.3, 0.4) is 0 Å². The fourth-order valence-corrected chi connectivity index (χ4v) is 5.38. The Hall–Kier alpha value is -2.36. The number of carbonyl (C=O) groups is 1. The van der Waals surface area contributed by atoms with E-state index in [1.807, 2.05) is 0 Å². The van der Waals surface area contributed by atoms with Crippen molar-refractivity contribution in [3.63, 3.8) is 0 Å². The van der Waals surface area contributed by atoms with Crippen LogP contribution in [0.15, 0.2) is 47.4 Å². The minimum absolute atomic E-state index is 0.0845. The van der Waals surface area contributed by atoms with Crippen LogP contribution in [-0.4, -0.2) is 67.7 Å². The molecule has 0 aromatic heterocycles. The van der Waals surface area contributed by atoms with E-state index in [-0.39, 0.29) is 29.4 Å². The van der Waals surface area contributed by atoms with E-state index in [2.05, 4.69) is 4.90 Å². The molecule has 1 heterocycles. The molecule has 6 nitrogen and oxygen atoms in total. The molecule has 0 N–H and O–H groups in total. The van der Waals surface area contributed by atoms with Crippen LogP contribution < -0.4 is 0 Å². The van der Waals surface area contributed by atoms with Gasteiger partial charge in [-0.3, -0.25) is 9.69 Å². The zero-order chi connectivity index (χ0) is 23.3. The van der Waals surface area contributed by atoms with E-state index in [1.54, 1.807) is 30.9 Å². The van der Waals surface area contributed by atoms with Gasteiger partial charge in [0.1, 0.15) is 11.6 Å². The van der Waals surface area contributed by atoms with Gasteiger partial charge >= 0.3 is 0 Å². The van der Waals surface area contributed by atoms with Gasteiger partial charge in [0.2, 0.25) is 10.0 Å². The number of benzene rings is 2. The predicted octanol–water partition coefficient (Wildman–Crippen LogP) is 3.34. The monoisotopic (exact) mass is 465 g/mol. The van der Waals surface area contributed by atoms with Crippen molar-refractivity contribution < 1.29 is 22.0 Å². The Morgan fingerprint density at radius 2 is 1.66 bits per heavy atom. The normalized spacial score (nSPS) is 15.7. The molecule has 1 fully saturated rings. The first-order valence-corrected chi connectivity index (χ1v) is 12.3. The van der Waals surface area contributed by atoms with Crippen molar-refractivity contribution in [2.75, 3.05) is 39.3 Å². The molecule has 1 aliphatic heterocycles. The van der Waals surface area contributed by atoms with Crippen LogP contribution in [-0.2, 0) is 16.6 Å². The summed E-state index contributed by atoms with van der Waals surface area (Å²) in [4.78, 5) is 16.7. The standard InChI is InChI=1S/C23H29F2N3O3S/c1-3-28(4-2)32(30,31)20-10-11-22(25)21(16-20)23(29)27-13-5-12-26(14-15-27)17-18-6-8-19(24)9-7-18/h6-11,16H,3-5,12-15,17H2,1-2H3. The molecule has 0 spiro atoms. The molecule has 3 rings (SSSR count). The van der Waals surface area contributed by atoms with Gasteiger partial charge in [-0.05, 0) is 42.3 Å². The average Bonchev–Trinajstić information content (AvgIpc) is 3.01. The summed E-state index contributed by atoms with van der Waals surface area (Å²) in [6.45, 7) is 6.84. The number of carbonyl (C=O) groups excluding carboxylic acids is 1. The van der Waals surface area contributed by atoms with Crippen LogP contribution in [0.2, 0.25) is 0 Å². The van der Waals surface area contributed by atoms with Gasteiger partial charge in [-0.1, -0.05) is 26.0 Å². The van der Waals surface area contributed by atoms with Crippen molar-refractivity contribution in [1.29, 1.82) is 0 Å². The number of sulfonamides is 1. The Labute approximate surface area is 188 Å². The number of amides is 1. The van der Waals surface area contributed by atoms with Gasteiger partial charge in [-0.2, -0.15) is 4.31 Å². The summed E-state index contributed by atoms with van der Waals surface area (Å²) >= 11 is 0. The van der Waals surface area contributed by atoms with E-state index in [4.69, 9.17) is 0 Å². The first kappa shape index (κ1) is 24.3. The lowest BCUT2D eigenvalue weighted by Crippen LogP contribution is -2.36. The highest BCUT2D eigenvalue weighted by Crippen LogP contribution is 2.21. The lowest BCUT2D eigenvalue weighted by atomic mass is 10.2. The van der Waals surface area contributed by atoms with Crippen LogP contribution in [0.4, 0.5) is 8.78 Å². The molecule has 1 amide bonds. The topological polar surface area (TPSA) is 60.9 Å². The quantitative estimate of drug-likeness (QED) is 0.629. The van der Waals surface area contributed by atoms with Crippen LogP contribution in [0.25, 0.3) is 0 Å². The second-order valence-electron chi connectivity index (χ2n) is 7.78. The second-order valence-corrected chi connectivity index (χ2v) is 9.72. The lowest BCUT2D eigenvalue weighted by molar-refractivity contribution is 0.0756. The Balaban J connectivity index is 1.74. The molecule has 174 valence electrons. The molecule has 1 aliphatic rings. The highest BCUT2D eigenvalue weighted by Gasteiger charge is 2.27. The van der Waals surface area contributed by atoms with Crippen molar-refractivity contribution in [3.8, 4) is 0 Å². The van der Waals surface area contributed by atoms with E-state index >= 15 is 0 Å². The summed E-state index contributed by atoms with van der Waals surface area (Å²) in [5.41, 5.74) is 0.747. The van der Waals surface area contributed by atoms with Crippen molar-refractivity contribution in [2.24, 2.45) is 0 Å². The van der Waals surface area contributed by atoms with Crippen LogP contribution >= 0.6 is 0 Å². The summed E-state index contributed by atoms with van der Waals surface area (Å²) in [6, 6.07) is 9.71. The van der Waals surface area contributed by atoms with E-state index in [9.17, 15) is 22.0 Å². The molecule has 1 saturated heterocycles. The van der Waals surface area contributed by atoms with E-state index in [0.29, 0.717) is 32.6 Å². The zero-order valence-corrected chi connectivity index (χ0v) is 19.2. The van der Waals surface area contributed by atoms with E-state index in [1.165, 1.54) is 22.5 Å². The predicted molar refractivity (Wildman–Crippen MR) is 119 cm³/mol. The maximum atomic E-state index is 14.5. The molecular weight excluding hydrogens is 436 g/mol. The van der Waals surface area contributed by atoms with E-state index in [0.717, 1.165) is 24.2 Å². The number of hydrogen-bond acceptors (Lipinski definition) is 4. The second kappa shape index (κ2) is 10.5. The Morgan fingerprint density at radius 3 is 2.31 bits per heavy atom. The fourth-order valence-electron chi connectivity index (χ4n) is 3.89. The van der Waals surface area contributed by atoms with Crippen molar-refractivity contribution in [3.05, 3.63) is 65.2 Å². The van der Waals surface area contributed by atoms with Crippen LogP contribution in [0, 0.1) is 11.6 Å². The molecule has 0 aliphatic carbocycles. The van der Waals surface area contributed by atoms with Crippen molar-refractivity contribution in [2.45, 2.75) is 31.7 Å². The van der Waals surface area contributed by atoms with Crippen molar-refractivity contribution >= 4 is 15.9 Å².